The lowest BCUT2D eigenvalue weighted by atomic mass is 10.3. The molecule has 3 heterocycles. The molecular weight excluding hydrogens is 487 g/mol. The maximum Gasteiger partial charge on any atom is 0.194 e. The van der Waals surface area contributed by atoms with Gasteiger partial charge in [0.2, 0.25) is 0 Å². The zero-order chi connectivity index (χ0) is 19.4. The number of nitrogens with zero attached hydrogens (tertiary/aromatic N) is 5. The molecule has 0 aliphatic heterocycles. The molecule has 152 valence electrons. The minimum atomic E-state index is 0. The van der Waals surface area contributed by atoms with E-state index >= 15 is 0 Å². The first-order valence-electron chi connectivity index (χ1n) is 9.21. The first kappa shape index (κ1) is 22.5. The molecule has 0 unspecified atom stereocenters. The summed E-state index contributed by atoms with van der Waals surface area (Å²) in [5.41, 5.74) is 4.40. The Kier molecular flexibility index (Phi) is 8.18. The van der Waals surface area contributed by atoms with Crippen LogP contribution < -0.4 is 5.32 Å². The molecule has 0 radical (unpaired) electrons. The summed E-state index contributed by atoms with van der Waals surface area (Å²) in [6.45, 7) is 6.41. The Morgan fingerprint density at radius 1 is 1.36 bits per heavy atom. The quantitative estimate of drug-likeness (QED) is 0.308. The molecule has 0 saturated heterocycles. The van der Waals surface area contributed by atoms with Crippen LogP contribution in [0.1, 0.15) is 23.9 Å². The van der Waals surface area contributed by atoms with Gasteiger partial charge in [-0.25, -0.2) is 4.98 Å². The first-order chi connectivity index (χ1) is 13.0. The van der Waals surface area contributed by atoms with Gasteiger partial charge in [-0.1, -0.05) is 17.7 Å². The van der Waals surface area contributed by atoms with E-state index in [9.17, 15) is 0 Å². The fraction of sp³-hybridized carbons (Fsp3) is 0.400. The van der Waals surface area contributed by atoms with Gasteiger partial charge in [0.15, 0.2) is 5.96 Å². The molecule has 0 aliphatic rings. The number of imidazole rings is 1. The van der Waals surface area contributed by atoms with E-state index in [0.717, 1.165) is 47.5 Å². The number of aromatic nitrogens is 3. The van der Waals surface area contributed by atoms with Crippen LogP contribution in [0.25, 0.3) is 5.65 Å². The molecule has 1 N–H and O–H groups in total. The lowest BCUT2D eigenvalue weighted by Crippen LogP contribution is -2.39. The molecule has 0 spiro atoms. The molecule has 0 saturated carbocycles. The molecule has 0 fully saturated rings. The van der Waals surface area contributed by atoms with Crippen molar-refractivity contribution in [1.29, 1.82) is 0 Å². The highest BCUT2D eigenvalue weighted by Crippen LogP contribution is 2.14. The van der Waals surface area contributed by atoms with Gasteiger partial charge in [-0.15, -0.1) is 24.0 Å². The van der Waals surface area contributed by atoms with Gasteiger partial charge in [0.05, 0.1) is 17.3 Å². The van der Waals surface area contributed by atoms with Crippen molar-refractivity contribution >= 4 is 47.2 Å². The number of halogens is 2. The number of guanidine groups is 1. The molecular formula is C20H28ClIN6. The summed E-state index contributed by atoms with van der Waals surface area (Å²) in [4.78, 5) is 11.6. The van der Waals surface area contributed by atoms with Gasteiger partial charge >= 0.3 is 0 Å². The van der Waals surface area contributed by atoms with E-state index in [1.165, 1.54) is 5.56 Å². The van der Waals surface area contributed by atoms with Crippen molar-refractivity contribution in [3.05, 3.63) is 58.8 Å². The third kappa shape index (κ3) is 5.41. The number of aliphatic imine (C=N–C) groups is 1. The Hall–Kier alpha value is -1.74. The van der Waals surface area contributed by atoms with Crippen molar-refractivity contribution in [3.63, 3.8) is 0 Å². The van der Waals surface area contributed by atoms with Crippen molar-refractivity contribution in [2.24, 2.45) is 12.0 Å². The van der Waals surface area contributed by atoms with Crippen LogP contribution in [-0.4, -0.2) is 44.9 Å². The molecule has 0 aliphatic carbocycles. The number of fused-ring (bicyclic) bond motifs is 1. The fourth-order valence-electron chi connectivity index (χ4n) is 3.11. The summed E-state index contributed by atoms with van der Waals surface area (Å²) in [6, 6.07) is 6.11. The van der Waals surface area contributed by atoms with Gasteiger partial charge < -0.3 is 19.2 Å². The standard InChI is InChI=1S/C20H27ClN6.HI/c1-5-22-20(26(4)14-18-11-16(21)12-25(18)3)23-9-8-17-13-27-10-6-7-15(2)19(27)24-17;/h6-7,10-13H,5,8-9,14H2,1-4H3,(H,22,23);1H. The normalized spacial score (nSPS) is 11.5. The van der Waals surface area contributed by atoms with E-state index < -0.39 is 0 Å². The van der Waals surface area contributed by atoms with Gasteiger partial charge in [0.1, 0.15) is 5.65 Å². The van der Waals surface area contributed by atoms with Gasteiger partial charge in [0.25, 0.3) is 0 Å². The minimum Gasteiger partial charge on any atom is -0.357 e. The average Bonchev–Trinajstić information content (AvgIpc) is 3.17. The number of pyridine rings is 1. The van der Waals surface area contributed by atoms with E-state index in [4.69, 9.17) is 21.6 Å². The predicted octanol–water partition coefficient (Wildman–Crippen LogP) is 3.89. The van der Waals surface area contributed by atoms with Crippen molar-refractivity contribution in [2.45, 2.75) is 26.8 Å². The largest absolute Gasteiger partial charge is 0.357 e. The van der Waals surface area contributed by atoms with Crippen molar-refractivity contribution < 1.29 is 0 Å². The molecule has 0 bridgehead atoms. The monoisotopic (exact) mass is 514 g/mol. The number of hydrogen-bond donors (Lipinski definition) is 1. The number of rotatable bonds is 6. The van der Waals surface area contributed by atoms with Crippen molar-refractivity contribution in [2.75, 3.05) is 20.1 Å². The number of aryl methyl sites for hydroxylation is 2. The van der Waals surface area contributed by atoms with E-state index in [2.05, 4.69) is 40.7 Å². The molecule has 0 atom stereocenters. The maximum atomic E-state index is 6.09. The van der Waals surface area contributed by atoms with E-state index in [0.29, 0.717) is 6.54 Å². The lowest BCUT2D eigenvalue weighted by molar-refractivity contribution is 0.462. The van der Waals surface area contributed by atoms with Crippen LogP contribution in [0.15, 0.2) is 41.8 Å². The summed E-state index contributed by atoms with van der Waals surface area (Å²) in [5.74, 6) is 0.884. The van der Waals surface area contributed by atoms with Crippen molar-refractivity contribution in [1.82, 2.24) is 24.2 Å². The van der Waals surface area contributed by atoms with Crippen LogP contribution >= 0.6 is 35.6 Å². The van der Waals surface area contributed by atoms with Gasteiger partial charge in [-0.05, 0) is 31.5 Å². The summed E-state index contributed by atoms with van der Waals surface area (Å²) < 4.78 is 4.12. The predicted molar refractivity (Wildman–Crippen MR) is 127 cm³/mol. The Labute approximate surface area is 188 Å². The molecule has 0 aromatic carbocycles. The molecule has 28 heavy (non-hydrogen) atoms. The van der Waals surface area contributed by atoms with E-state index in [-0.39, 0.29) is 24.0 Å². The highest BCUT2D eigenvalue weighted by Gasteiger charge is 2.10. The van der Waals surface area contributed by atoms with Crippen LogP contribution in [-0.2, 0) is 20.0 Å². The Morgan fingerprint density at radius 3 is 2.79 bits per heavy atom. The minimum absolute atomic E-state index is 0. The Balaban J connectivity index is 0.00000280. The fourth-order valence-corrected chi connectivity index (χ4v) is 3.38. The molecule has 8 heteroatoms. The first-order valence-corrected chi connectivity index (χ1v) is 9.59. The summed E-state index contributed by atoms with van der Waals surface area (Å²) in [7, 11) is 4.04. The zero-order valence-electron chi connectivity index (χ0n) is 16.8. The second-order valence-electron chi connectivity index (χ2n) is 6.76. The lowest BCUT2D eigenvalue weighted by Gasteiger charge is -2.22. The Bertz CT molecular complexity index is 945. The Morgan fingerprint density at radius 2 is 2.14 bits per heavy atom. The second kappa shape index (κ2) is 10.2. The highest BCUT2D eigenvalue weighted by molar-refractivity contribution is 14.0. The SMILES string of the molecule is CCNC(=NCCc1cn2cccc(C)c2n1)N(C)Cc1cc(Cl)cn1C.I. The maximum absolute atomic E-state index is 6.09. The van der Waals surface area contributed by atoms with Crippen molar-refractivity contribution in [3.8, 4) is 0 Å². The van der Waals surface area contributed by atoms with E-state index in [1.54, 1.807) is 0 Å². The highest BCUT2D eigenvalue weighted by atomic mass is 127. The molecule has 3 aromatic rings. The van der Waals surface area contributed by atoms with Crippen LogP contribution in [0.2, 0.25) is 5.02 Å². The summed E-state index contributed by atoms with van der Waals surface area (Å²) >= 11 is 6.09. The molecule has 3 rings (SSSR count). The molecule has 0 amide bonds. The van der Waals surface area contributed by atoms with Gasteiger partial charge in [0, 0.05) is 57.9 Å². The van der Waals surface area contributed by atoms with Crippen LogP contribution in [0.3, 0.4) is 0 Å². The molecule has 6 nitrogen and oxygen atoms in total. The number of hydrogen-bond acceptors (Lipinski definition) is 2. The topological polar surface area (TPSA) is 49.9 Å². The second-order valence-corrected chi connectivity index (χ2v) is 7.19. The average molecular weight is 515 g/mol. The van der Waals surface area contributed by atoms with Gasteiger partial charge in [-0.2, -0.15) is 0 Å². The smallest absolute Gasteiger partial charge is 0.194 e. The summed E-state index contributed by atoms with van der Waals surface area (Å²) in [5, 5.41) is 4.11. The van der Waals surface area contributed by atoms with Crippen LogP contribution in [0.4, 0.5) is 0 Å². The van der Waals surface area contributed by atoms with Crippen LogP contribution in [0.5, 0.6) is 0 Å². The number of nitrogens with one attached hydrogen (secondary N) is 1. The van der Waals surface area contributed by atoms with Gasteiger partial charge in [-0.3, -0.25) is 4.99 Å². The van der Waals surface area contributed by atoms with E-state index in [1.807, 2.05) is 43.2 Å². The third-order valence-corrected chi connectivity index (χ3v) is 4.73. The summed E-state index contributed by atoms with van der Waals surface area (Å²) in [6.07, 6.45) is 6.84. The van der Waals surface area contributed by atoms with Crippen LogP contribution in [0, 0.1) is 6.92 Å². The zero-order valence-corrected chi connectivity index (χ0v) is 19.9. The third-order valence-electron chi connectivity index (χ3n) is 4.53. The molecule has 3 aromatic heterocycles.